The molecule has 0 spiro atoms. The van der Waals surface area contributed by atoms with Gasteiger partial charge in [0.15, 0.2) is 12.4 Å². The Bertz CT molecular complexity index is 970. The van der Waals surface area contributed by atoms with Crippen LogP contribution < -0.4 is 10.1 Å². The summed E-state index contributed by atoms with van der Waals surface area (Å²) in [6.07, 6.45) is -0.598. The van der Waals surface area contributed by atoms with Crippen LogP contribution >= 0.6 is 0 Å². The first kappa shape index (κ1) is 31.1. The molecule has 0 bridgehead atoms. The molecule has 1 aromatic carbocycles. The highest BCUT2D eigenvalue weighted by molar-refractivity contribution is 6.01. The smallest absolute Gasteiger partial charge is 0.410 e. The molecule has 0 aliphatic carbocycles. The predicted octanol–water partition coefficient (Wildman–Crippen LogP) is 3.76. The van der Waals surface area contributed by atoms with E-state index in [0.29, 0.717) is 37.2 Å². The summed E-state index contributed by atoms with van der Waals surface area (Å²) in [6.45, 7) is 13.1. The number of carbonyl (C=O) groups is 4. The molecule has 1 heterocycles. The molecule has 1 fully saturated rings. The Morgan fingerprint density at radius 2 is 1.50 bits per heavy atom. The highest BCUT2D eigenvalue weighted by Crippen LogP contribution is 2.24. The fraction of sp³-hybridized carbons (Fsp3) is 0.643. The third kappa shape index (κ3) is 9.96. The van der Waals surface area contributed by atoms with Gasteiger partial charge in [-0.1, -0.05) is 6.92 Å². The van der Waals surface area contributed by atoms with Crippen molar-refractivity contribution in [2.75, 3.05) is 26.7 Å². The fourth-order valence-electron chi connectivity index (χ4n) is 3.89. The van der Waals surface area contributed by atoms with Gasteiger partial charge in [0.1, 0.15) is 23.1 Å². The van der Waals surface area contributed by atoms with E-state index >= 15 is 0 Å². The average molecular weight is 535 g/mol. The average Bonchev–Trinajstić information content (AvgIpc) is 2.83. The van der Waals surface area contributed by atoms with Crippen LogP contribution in [0.5, 0.6) is 5.75 Å². The van der Waals surface area contributed by atoms with Gasteiger partial charge in [-0.25, -0.2) is 9.59 Å². The number of ether oxygens (including phenoxy) is 4. The third-order valence-electron chi connectivity index (χ3n) is 5.72. The van der Waals surface area contributed by atoms with Crippen molar-refractivity contribution in [2.24, 2.45) is 5.92 Å². The molecule has 1 unspecified atom stereocenters. The van der Waals surface area contributed by atoms with Crippen molar-refractivity contribution < 1.29 is 38.1 Å². The number of amides is 2. The molecule has 38 heavy (non-hydrogen) atoms. The van der Waals surface area contributed by atoms with Gasteiger partial charge in [0.05, 0.1) is 12.0 Å². The number of hydrogen-bond acceptors (Lipinski definition) is 8. The van der Waals surface area contributed by atoms with Crippen LogP contribution in [0.1, 0.15) is 71.7 Å². The maximum Gasteiger partial charge on any atom is 0.410 e. The maximum atomic E-state index is 13.2. The molecule has 10 heteroatoms. The van der Waals surface area contributed by atoms with Crippen LogP contribution in [0.4, 0.5) is 4.79 Å². The molecule has 1 N–H and O–H groups in total. The molecule has 2 atom stereocenters. The summed E-state index contributed by atoms with van der Waals surface area (Å²) >= 11 is 0. The summed E-state index contributed by atoms with van der Waals surface area (Å²) in [7, 11) is 1.50. The zero-order valence-corrected chi connectivity index (χ0v) is 23.8. The van der Waals surface area contributed by atoms with Crippen molar-refractivity contribution in [1.29, 1.82) is 0 Å². The number of nitrogens with zero attached hydrogens (tertiary/aromatic N) is 1. The summed E-state index contributed by atoms with van der Waals surface area (Å²) in [6, 6.07) is 6.35. The van der Waals surface area contributed by atoms with E-state index in [9.17, 15) is 19.2 Å². The second-order valence-corrected chi connectivity index (χ2v) is 11.4. The van der Waals surface area contributed by atoms with E-state index < -0.39 is 35.1 Å². The first-order valence-electron chi connectivity index (χ1n) is 12.9. The van der Waals surface area contributed by atoms with Crippen molar-refractivity contribution in [3.05, 3.63) is 29.8 Å². The van der Waals surface area contributed by atoms with Gasteiger partial charge in [-0.2, -0.15) is 0 Å². The summed E-state index contributed by atoms with van der Waals surface area (Å²) in [5, 5.41) is 2.58. The minimum Gasteiger partial charge on any atom is -0.482 e. The monoisotopic (exact) mass is 534 g/mol. The third-order valence-corrected chi connectivity index (χ3v) is 5.72. The van der Waals surface area contributed by atoms with E-state index in [2.05, 4.69) is 5.32 Å². The van der Waals surface area contributed by atoms with E-state index in [4.69, 9.17) is 18.9 Å². The lowest BCUT2D eigenvalue weighted by molar-refractivity contribution is -0.157. The Morgan fingerprint density at radius 1 is 0.947 bits per heavy atom. The molecule has 0 aromatic heterocycles. The molecule has 10 nitrogen and oxygen atoms in total. The van der Waals surface area contributed by atoms with Crippen LogP contribution in [0.3, 0.4) is 0 Å². The minimum absolute atomic E-state index is 0.250. The van der Waals surface area contributed by atoms with Gasteiger partial charge >= 0.3 is 12.1 Å². The largest absolute Gasteiger partial charge is 0.482 e. The molecule has 1 aliphatic heterocycles. The van der Waals surface area contributed by atoms with Crippen LogP contribution in [0.2, 0.25) is 0 Å². The first-order valence-corrected chi connectivity index (χ1v) is 12.9. The lowest BCUT2D eigenvalue weighted by Crippen LogP contribution is -2.48. The number of benzene rings is 1. The number of ketones is 1. The van der Waals surface area contributed by atoms with Gasteiger partial charge < -0.3 is 29.2 Å². The van der Waals surface area contributed by atoms with Crippen molar-refractivity contribution in [3.8, 4) is 5.75 Å². The molecule has 2 amide bonds. The second-order valence-electron chi connectivity index (χ2n) is 11.4. The van der Waals surface area contributed by atoms with Crippen molar-refractivity contribution in [3.63, 3.8) is 0 Å². The number of nitrogens with one attached hydrogen (secondary N) is 1. The van der Waals surface area contributed by atoms with Crippen LogP contribution in [-0.4, -0.2) is 78.8 Å². The highest BCUT2D eigenvalue weighted by atomic mass is 16.6. The number of esters is 1. The number of rotatable bonds is 9. The van der Waals surface area contributed by atoms with Crippen molar-refractivity contribution in [2.45, 2.75) is 84.7 Å². The number of likely N-dealkylation sites (N-methyl/N-ethyl adjacent to an activating group) is 1. The SMILES string of the molecule is CNC(=O)[C@@H](OC1CCN(C(=O)OC(C)(C)C)CC1)C(C)C(=O)c1ccc(OCC(=O)OC(C)(C)C)cc1. The molecular formula is C28H42N2O8. The molecule has 212 valence electrons. The Hall–Kier alpha value is -3.14. The quantitative estimate of drug-likeness (QED) is 0.376. The van der Waals surface area contributed by atoms with Crippen LogP contribution in [-0.2, 0) is 23.8 Å². The number of likely N-dealkylation sites (tertiary alicyclic amines) is 1. The van der Waals surface area contributed by atoms with Gasteiger partial charge in [0.2, 0.25) is 5.91 Å². The number of carbonyl (C=O) groups excluding carboxylic acids is 4. The zero-order valence-electron chi connectivity index (χ0n) is 23.8. The lowest BCUT2D eigenvalue weighted by Gasteiger charge is -2.35. The minimum atomic E-state index is -0.992. The summed E-state index contributed by atoms with van der Waals surface area (Å²) in [5.41, 5.74) is -0.794. The van der Waals surface area contributed by atoms with Gasteiger partial charge in [0, 0.05) is 25.7 Å². The topological polar surface area (TPSA) is 120 Å². The van der Waals surface area contributed by atoms with Gasteiger partial charge in [-0.3, -0.25) is 9.59 Å². The first-order chi connectivity index (χ1) is 17.6. The Morgan fingerprint density at radius 3 is 2.00 bits per heavy atom. The van der Waals surface area contributed by atoms with Crippen molar-refractivity contribution in [1.82, 2.24) is 10.2 Å². The van der Waals surface area contributed by atoms with E-state index in [0.717, 1.165) is 0 Å². The van der Waals surface area contributed by atoms with Gasteiger partial charge in [0.25, 0.3) is 0 Å². The van der Waals surface area contributed by atoms with Gasteiger partial charge in [-0.15, -0.1) is 0 Å². The summed E-state index contributed by atoms with van der Waals surface area (Å²) < 4.78 is 22.2. The van der Waals surface area contributed by atoms with Crippen LogP contribution in [0.15, 0.2) is 24.3 Å². The molecular weight excluding hydrogens is 492 g/mol. The summed E-state index contributed by atoms with van der Waals surface area (Å²) in [5.74, 6) is -1.49. The molecule has 0 saturated carbocycles. The maximum absolute atomic E-state index is 13.2. The molecule has 0 radical (unpaired) electrons. The number of piperidine rings is 1. The molecule has 2 rings (SSSR count). The normalized spacial score (nSPS) is 16.3. The van der Waals surface area contributed by atoms with E-state index in [1.807, 2.05) is 20.8 Å². The van der Waals surface area contributed by atoms with E-state index in [-0.39, 0.29) is 24.6 Å². The van der Waals surface area contributed by atoms with E-state index in [1.165, 1.54) is 7.05 Å². The van der Waals surface area contributed by atoms with Crippen LogP contribution in [0, 0.1) is 5.92 Å². The zero-order chi connectivity index (χ0) is 28.7. The standard InChI is InChI=1S/C28H42N2O8/c1-18(23(32)19-9-11-20(12-10-19)35-17-22(31)37-27(2,3)4)24(25(33)29-8)36-21-13-15-30(16-14-21)26(34)38-28(5,6)7/h9-12,18,21,24H,13-17H2,1-8H3,(H,29,33)/t18?,24-/m0/s1. The summed E-state index contributed by atoms with van der Waals surface area (Å²) in [4.78, 5) is 51.7. The number of Topliss-reactive ketones (excluding diaryl/α,β-unsaturated/α-hetero) is 1. The second kappa shape index (κ2) is 13.1. The number of hydrogen-bond donors (Lipinski definition) is 1. The van der Waals surface area contributed by atoms with Crippen LogP contribution in [0.25, 0.3) is 0 Å². The lowest BCUT2D eigenvalue weighted by atomic mass is 9.93. The Labute approximate surface area is 225 Å². The van der Waals surface area contributed by atoms with E-state index in [1.54, 1.807) is 56.9 Å². The molecule has 1 aliphatic rings. The molecule has 1 saturated heterocycles. The van der Waals surface area contributed by atoms with Gasteiger partial charge in [-0.05, 0) is 78.6 Å². The molecule has 1 aromatic rings. The Balaban J connectivity index is 1.97. The van der Waals surface area contributed by atoms with Crippen molar-refractivity contribution >= 4 is 23.8 Å². The Kier molecular flexibility index (Phi) is 10.7. The highest BCUT2D eigenvalue weighted by Gasteiger charge is 2.35. The fourth-order valence-corrected chi connectivity index (χ4v) is 3.89. The predicted molar refractivity (Wildman–Crippen MR) is 141 cm³/mol.